The van der Waals surface area contributed by atoms with Crippen LogP contribution in [0.4, 0.5) is 8.78 Å². The molecule has 0 aliphatic carbocycles. The number of amides is 1. The topological polar surface area (TPSA) is 127 Å². The standard InChI is InChI=1S/C10H16F2N4O4S/c1-2-6-9(21(13,18)19)8(16-15-6)10(17)14-3-4-20-5-7(11)12/h7H,2-5H2,1H3,(H,14,17)(H,15,16)(H2,13,18,19). The molecule has 4 N–H and O–H groups in total. The van der Waals surface area contributed by atoms with E-state index < -0.39 is 29.0 Å². The molecule has 0 spiro atoms. The number of carbonyl (C=O) groups excluding carboxylic acids is 1. The molecule has 120 valence electrons. The van der Waals surface area contributed by atoms with E-state index in [1.165, 1.54) is 0 Å². The zero-order valence-corrected chi connectivity index (χ0v) is 12.0. The van der Waals surface area contributed by atoms with Crippen molar-refractivity contribution >= 4 is 15.9 Å². The molecular weight excluding hydrogens is 310 g/mol. The summed E-state index contributed by atoms with van der Waals surface area (Å²) in [5, 5.41) is 13.4. The lowest BCUT2D eigenvalue weighted by Gasteiger charge is -2.06. The summed E-state index contributed by atoms with van der Waals surface area (Å²) in [6.45, 7) is 0.735. The van der Waals surface area contributed by atoms with E-state index in [1.807, 2.05) is 0 Å². The van der Waals surface area contributed by atoms with Gasteiger partial charge in [0.2, 0.25) is 10.0 Å². The maximum absolute atomic E-state index is 11.8. The lowest BCUT2D eigenvalue weighted by atomic mass is 10.3. The number of aryl methyl sites for hydroxylation is 1. The third kappa shape index (κ3) is 5.02. The Morgan fingerprint density at radius 1 is 1.52 bits per heavy atom. The van der Waals surface area contributed by atoms with Crippen LogP contribution in [0.25, 0.3) is 0 Å². The Kier molecular flexibility index (Phi) is 6.18. The Morgan fingerprint density at radius 2 is 2.19 bits per heavy atom. The van der Waals surface area contributed by atoms with Crippen molar-refractivity contribution in [2.24, 2.45) is 5.14 Å². The second kappa shape index (κ2) is 7.43. The molecule has 11 heteroatoms. The van der Waals surface area contributed by atoms with Crippen LogP contribution in [0.2, 0.25) is 0 Å². The molecule has 1 rings (SSSR count). The van der Waals surface area contributed by atoms with Gasteiger partial charge in [-0.1, -0.05) is 6.92 Å². The molecule has 1 heterocycles. The van der Waals surface area contributed by atoms with Gasteiger partial charge in [-0.2, -0.15) is 5.10 Å². The van der Waals surface area contributed by atoms with Gasteiger partial charge in [0, 0.05) is 6.54 Å². The quantitative estimate of drug-likeness (QED) is 0.562. The first-order chi connectivity index (χ1) is 9.77. The minimum Gasteiger partial charge on any atom is -0.374 e. The summed E-state index contributed by atoms with van der Waals surface area (Å²) in [7, 11) is -4.11. The maximum Gasteiger partial charge on any atom is 0.273 e. The predicted octanol–water partition coefficient (Wildman–Crippen LogP) is -0.369. The molecule has 0 aromatic carbocycles. The Balaban J connectivity index is 2.69. The molecular formula is C10H16F2N4O4S. The van der Waals surface area contributed by atoms with Crippen LogP contribution in [0.15, 0.2) is 4.90 Å². The lowest BCUT2D eigenvalue weighted by Crippen LogP contribution is -2.30. The van der Waals surface area contributed by atoms with Gasteiger partial charge in [0.1, 0.15) is 11.5 Å². The number of aromatic nitrogens is 2. The number of sulfonamides is 1. The molecule has 0 aliphatic rings. The molecule has 8 nitrogen and oxygen atoms in total. The molecule has 0 saturated carbocycles. The summed E-state index contributed by atoms with van der Waals surface area (Å²) in [6.07, 6.45) is -2.29. The largest absolute Gasteiger partial charge is 0.374 e. The van der Waals surface area contributed by atoms with E-state index in [4.69, 9.17) is 5.14 Å². The maximum atomic E-state index is 11.8. The van der Waals surface area contributed by atoms with Gasteiger partial charge in [-0.15, -0.1) is 0 Å². The molecule has 21 heavy (non-hydrogen) atoms. The molecule has 0 saturated heterocycles. The molecule has 0 fully saturated rings. The van der Waals surface area contributed by atoms with Crippen LogP contribution >= 0.6 is 0 Å². The number of halogens is 2. The van der Waals surface area contributed by atoms with Gasteiger partial charge >= 0.3 is 0 Å². The molecule has 1 aromatic heterocycles. The van der Waals surface area contributed by atoms with E-state index in [0.717, 1.165) is 0 Å². The number of nitrogens with one attached hydrogen (secondary N) is 2. The fourth-order valence-electron chi connectivity index (χ4n) is 1.56. The van der Waals surface area contributed by atoms with Gasteiger partial charge in [0.25, 0.3) is 12.3 Å². The van der Waals surface area contributed by atoms with Gasteiger partial charge in [-0.05, 0) is 6.42 Å². The highest BCUT2D eigenvalue weighted by molar-refractivity contribution is 7.89. The van der Waals surface area contributed by atoms with Gasteiger partial charge in [0.15, 0.2) is 5.69 Å². The first kappa shape index (κ1) is 17.5. The zero-order valence-electron chi connectivity index (χ0n) is 11.2. The molecule has 0 aliphatic heterocycles. The fourth-order valence-corrected chi connectivity index (χ4v) is 2.50. The number of alkyl halides is 2. The van der Waals surface area contributed by atoms with Crippen LogP contribution in [0, 0.1) is 0 Å². The monoisotopic (exact) mass is 326 g/mol. The Labute approximate surface area is 120 Å². The van der Waals surface area contributed by atoms with Crippen molar-refractivity contribution in [2.75, 3.05) is 19.8 Å². The number of aromatic amines is 1. The highest BCUT2D eigenvalue weighted by Gasteiger charge is 2.26. The van der Waals surface area contributed by atoms with E-state index in [-0.39, 0.29) is 29.4 Å². The van der Waals surface area contributed by atoms with Gasteiger partial charge in [-0.25, -0.2) is 22.3 Å². The Morgan fingerprint density at radius 3 is 2.71 bits per heavy atom. The van der Waals surface area contributed by atoms with Crippen LogP contribution in [-0.2, 0) is 21.2 Å². The minimum atomic E-state index is -4.11. The van der Waals surface area contributed by atoms with Crippen LogP contribution in [0.5, 0.6) is 0 Å². The fraction of sp³-hybridized carbons (Fsp3) is 0.600. The molecule has 1 aromatic rings. The first-order valence-corrected chi connectivity index (χ1v) is 7.56. The minimum absolute atomic E-state index is 0.0655. The van der Waals surface area contributed by atoms with Crippen molar-refractivity contribution in [3.8, 4) is 0 Å². The molecule has 0 atom stereocenters. The average molecular weight is 326 g/mol. The van der Waals surface area contributed by atoms with E-state index in [0.29, 0.717) is 6.42 Å². The number of H-pyrrole nitrogens is 1. The normalized spacial score (nSPS) is 11.9. The van der Waals surface area contributed by atoms with E-state index in [9.17, 15) is 22.0 Å². The van der Waals surface area contributed by atoms with Crippen LogP contribution in [0.1, 0.15) is 23.1 Å². The molecule has 0 unspecified atom stereocenters. The van der Waals surface area contributed by atoms with Crippen molar-refractivity contribution in [1.82, 2.24) is 15.5 Å². The summed E-state index contributed by atoms with van der Waals surface area (Å²) in [4.78, 5) is 11.5. The summed E-state index contributed by atoms with van der Waals surface area (Å²) in [6, 6.07) is 0. The number of nitrogens with two attached hydrogens (primary N) is 1. The highest BCUT2D eigenvalue weighted by atomic mass is 32.2. The third-order valence-corrected chi connectivity index (χ3v) is 3.43. The number of hydrogen-bond donors (Lipinski definition) is 3. The SMILES string of the molecule is CCc1[nH]nc(C(=O)NCCOCC(F)F)c1S(N)(=O)=O. The third-order valence-electron chi connectivity index (χ3n) is 2.42. The van der Waals surface area contributed by atoms with Crippen LogP contribution in [0.3, 0.4) is 0 Å². The first-order valence-electron chi connectivity index (χ1n) is 6.01. The van der Waals surface area contributed by atoms with Gasteiger partial charge in [-0.3, -0.25) is 9.89 Å². The van der Waals surface area contributed by atoms with Crippen molar-refractivity contribution in [3.63, 3.8) is 0 Å². The summed E-state index contributed by atoms with van der Waals surface area (Å²) in [5.41, 5.74) is -0.139. The van der Waals surface area contributed by atoms with E-state index in [1.54, 1.807) is 6.92 Å². The van der Waals surface area contributed by atoms with Crippen LogP contribution < -0.4 is 10.5 Å². The van der Waals surface area contributed by atoms with Gasteiger partial charge < -0.3 is 10.1 Å². The average Bonchev–Trinajstić information content (AvgIpc) is 2.81. The number of ether oxygens (including phenoxy) is 1. The Bertz CT molecular complexity index is 588. The molecule has 0 bridgehead atoms. The van der Waals surface area contributed by atoms with Crippen molar-refractivity contribution in [1.29, 1.82) is 0 Å². The zero-order chi connectivity index (χ0) is 16.0. The molecule has 1 amide bonds. The van der Waals surface area contributed by atoms with Crippen molar-refractivity contribution in [3.05, 3.63) is 11.4 Å². The summed E-state index contributed by atoms with van der Waals surface area (Å²) >= 11 is 0. The highest BCUT2D eigenvalue weighted by Crippen LogP contribution is 2.17. The Hall–Kier alpha value is -1.59. The number of rotatable bonds is 8. The second-order valence-corrected chi connectivity index (χ2v) is 5.50. The van der Waals surface area contributed by atoms with Crippen molar-refractivity contribution in [2.45, 2.75) is 24.7 Å². The number of hydrogen-bond acceptors (Lipinski definition) is 5. The van der Waals surface area contributed by atoms with Crippen LogP contribution in [-0.4, -0.2) is 50.7 Å². The lowest BCUT2D eigenvalue weighted by molar-refractivity contribution is 0.0188. The number of primary sulfonamides is 1. The smallest absolute Gasteiger partial charge is 0.273 e. The van der Waals surface area contributed by atoms with E-state index >= 15 is 0 Å². The number of nitrogens with zero attached hydrogens (tertiary/aromatic N) is 1. The van der Waals surface area contributed by atoms with Gasteiger partial charge in [0.05, 0.1) is 12.3 Å². The summed E-state index contributed by atoms with van der Waals surface area (Å²) < 4.78 is 51.1. The second-order valence-electron chi connectivity index (χ2n) is 4.00. The number of carbonyl (C=O) groups is 1. The molecule has 0 radical (unpaired) electrons. The van der Waals surface area contributed by atoms with Crippen molar-refractivity contribution < 1.29 is 26.7 Å². The predicted molar refractivity (Wildman–Crippen MR) is 68.5 cm³/mol. The van der Waals surface area contributed by atoms with E-state index in [2.05, 4.69) is 20.3 Å². The summed E-state index contributed by atoms with van der Waals surface area (Å²) in [5.74, 6) is -0.782.